The van der Waals surface area contributed by atoms with Crippen LogP contribution in [0.4, 0.5) is 0 Å². The molecule has 2 heterocycles. The molecule has 0 aromatic carbocycles. The second kappa shape index (κ2) is 5.66. The number of methoxy groups -OCH3 is 1. The molecule has 1 amide bonds. The number of hydrogen-bond acceptors (Lipinski definition) is 4. The lowest BCUT2D eigenvalue weighted by atomic mass is 10.2. The first-order valence-corrected chi connectivity index (χ1v) is 6.77. The van der Waals surface area contributed by atoms with E-state index < -0.39 is 0 Å². The number of aryl methyl sites for hydroxylation is 2. The van der Waals surface area contributed by atoms with E-state index in [0.717, 1.165) is 11.3 Å². The van der Waals surface area contributed by atoms with Crippen LogP contribution in [0.15, 0.2) is 10.7 Å². The number of amides is 1. The van der Waals surface area contributed by atoms with Gasteiger partial charge in [0.05, 0.1) is 13.3 Å². The first-order chi connectivity index (χ1) is 9.45. The van der Waals surface area contributed by atoms with E-state index in [1.807, 2.05) is 14.0 Å². The van der Waals surface area contributed by atoms with Gasteiger partial charge in [0.1, 0.15) is 4.47 Å². The van der Waals surface area contributed by atoms with E-state index >= 15 is 0 Å². The van der Waals surface area contributed by atoms with Crippen molar-refractivity contribution in [3.8, 4) is 5.88 Å². The van der Waals surface area contributed by atoms with E-state index in [9.17, 15) is 4.79 Å². The van der Waals surface area contributed by atoms with Gasteiger partial charge < -0.3 is 10.1 Å². The van der Waals surface area contributed by atoms with Gasteiger partial charge in [0.15, 0.2) is 5.69 Å². The zero-order chi connectivity index (χ0) is 14.9. The molecule has 0 aliphatic rings. The molecule has 0 aliphatic heterocycles. The Hall–Kier alpha value is -1.83. The van der Waals surface area contributed by atoms with Crippen LogP contribution in [0.1, 0.15) is 21.7 Å². The molecule has 2 rings (SSSR count). The van der Waals surface area contributed by atoms with Crippen LogP contribution in [0.25, 0.3) is 0 Å². The van der Waals surface area contributed by atoms with Gasteiger partial charge in [-0.2, -0.15) is 10.2 Å². The maximum atomic E-state index is 12.1. The van der Waals surface area contributed by atoms with Gasteiger partial charge in [-0.25, -0.2) is 4.68 Å². The fourth-order valence-electron chi connectivity index (χ4n) is 1.83. The Morgan fingerprint density at radius 3 is 2.65 bits per heavy atom. The fourth-order valence-corrected chi connectivity index (χ4v) is 2.50. The largest absolute Gasteiger partial charge is 0.480 e. The predicted octanol–water partition coefficient (Wildman–Crippen LogP) is 1.16. The van der Waals surface area contributed by atoms with E-state index in [-0.39, 0.29) is 5.91 Å². The summed E-state index contributed by atoms with van der Waals surface area (Å²) in [5.41, 5.74) is 2.29. The molecular weight excluding hydrogens is 326 g/mol. The molecule has 0 saturated carbocycles. The summed E-state index contributed by atoms with van der Waals surface area (Å²) in [6.07, 6.45) is 1.74. The number of hydrogen-bond donors (Lipinski definition) is 1. The standard InChI is InChI=1S/C12H16BrN5O2/c1-7-8(6-15-17(7)2)5-14-11(19)10-9(13)12(20-4)18(3)16-10/h6H,5H2,1-4H3,(H,14,19). The predicted molar refractivity (Wildman–Crippen MR) is 76.6 cm³/mol. The number of nitrogens with zero attached hydrogens (tertiary/aromatic N) is 4. The third kappa shape index (κ3) is 2.55. The molecule has 2 aromatic rings. The monoisotopic (exact) mass is 341 g/mol. The Morgan fingerprint density at radius 1 is 1.45 bits per heavy atom. The Labute approximate surface area is 125 Å². The zero-order valence-electron chi connectivity index (χ0n) is 11.8. The minimum absolute atomic E-state index is 0.265. The van der Waals surface area contributed by atoms with Crippen molar-refractivity contribution in [2.24, 2.45) is 14.1 Å². The molecule has 1 N–H and O–H groups in total. The molecule has 0 aliphatic carbocycles. The SMILES string of the molecule is COc1c(Br)c(C(=O)NCc2cnn(C)c2C)nn1C. The van der Waals surface area contributed by atoms with E-state index in [2.05, 4.69) is 31.4 Å². The van der Waals surface area contributed by atoms with Gasteiger partial charge in [-0.15, -0.1) is 0 Å². The van der Waals surface area contributed by atoms with Crippen LogP contribution < -0.4 is 10.1 Å². The molecule has 0 saturated heterocycles. The van der Waals surface area contributed by atoms with Gasteiger partial charge in [0, 0.05) is 31.9 Å². The summed E-state index contributed by atoms with van der Waals surface area (Å²) in [7, 11) is 5.11. The molecule has 20 heavy (non-hydrogen) atoms. The van der Waals surface area contributed by atoms with E-state index in [0.29, 0.717) is 22.6 Å². The van der Waals surface area contributed by atoms with E-state index in [1.165, 1.54) is 11.8 Å². The molecule has 108 valence electrons. The van der Waals surface area contributed by atoms with Crippen molar-refractivity contribution >= 4 is 21.8 Å². The minimum Gasteiger partial charge on any atom is -0.480 e. The van der Waals surface area contributed by atoms with Crippen molar-refractivity contribution in [1.82, 2.24) is 24.9 Å². The number of carbonyl (C=O) groups is 1. The number of nitrogens with one attached hydrogen (secondary N) is 1. The van der Waals surface area contributed by atoms with Gasteiger partial charge in [0.25, 0.3) is 5.91 Å². The Kier molecular flexibility index (Phi) is 4.12. The van der Waals surface area contributed by atoms with Crippen molar-refractivity contribution in [2.75, 3.05) is 7.11 Å². The Balaban J connectivity index is 2.11. The van der Waals surface area contributed by atoms with Crippen LogP contribution in [0.2, 0.25) is 0 Å². The average Bonchev–Trinajstić information content (AvgIpc) is 2.88. The normalized spacial score (nSPS) is 10.7. The van der Waals surface area contributed by atoms with Gasteiger partial charge in [-0.3, -0.25) is 9.48 Å². The van der Waals surface area contributed by atoms with Crippen molar-refractivity contribution in [2.45, 2.75) is 13.5 Å². The van der Waals surface area contributed by atoms with Gasteiger partial charge >= 0.3 is 0 Å². The summed E-state index contributed by atoms with van der Waals surface area (Å²) in [5, 5.41) is 11.1. The van der Waals surface area contributed by atoms with Crippen LogP contribution in [0.3, 0.4) is 0 Å². The first-order valence-electron chi connectivity index (χ1n) is 5.97. The van der Waals surface area contributed by atoms with Crippen LogP contribution in [0.5, 0.6) is 5.88 Å². The minimum atomic E-state index is -0.265. The highest BCUT2D eigenvalue weighted by molar-refractivity contribution is 9.10. The zero-order valence-corrected chi connectivity index (χ0v) is 13.4. The topological polar surface area (TPSA) is 74.0 Å². The Morgan fingerprint density at radius 2 is 2.15 bits per heavy atom. The van der Waals surface area contributed by atoms with Crippen LogP contribution in [-0.2, 0) is 20.6 Å². The number of rotatable bonds is 4. The van der Waals surface area contributed by atoms with Crippen molar-refractivity contribution in [3.05, 3.63) is 27.6 Å². The quantitative estimate of drug-likeness (QED) is 0.905. The lowest BCUT2D eigenvalue weighted by molar-refractivity contribution is 0.0944. The van der Waals surface area contributed by atoms with Crippen molar-refractivity contribution in [1.29, 1.82) is 0 Å². The molecule has 0 spiro atoms. The smallest absolute Gasteiger partial charge is 0.273 e. The van der Waals surface area contributed by atoms with Crippen molar-refractivity contribution in [3.63, 3.8) is 0 Å². The third-order valence-electron chi connectivity index (χ3n) is 3.12. The summed E-state index contributed by atoms with van der Waals surface area (Å²) in [5.74, 6) is 0.242. The fraction of sp³-hybridized carbons (Fsp3) is 0.417. The summed E-state index contributed by atoms with van der Waals surface area (Å²) >= 11 is 3.32. The maximum absolute atomic E-state index is 12.1. The number of carbonyl (C=O) groups excluding carboxylic acids is 1. The van der Waals surface area contributed by atoms with Gasteiger partial charge in [-0.1, -0.05) is 0 Å². The van der Waals surface area contributed by atoms with E-state index in [1.54, 1.807) is 17.9 Å². The second-order valence-corrected chi connectivity index (χ2v) is 5.15. The van der Waals surface area contributed by atoms with Gasteiger partial charge in [-0.05, 0) is 22.9 Å². The second-order valence-electron chi connectivity index (χ2n) is 4.36. The highest BCUT2D eigenvalue weighted by Gasteiger charge is 2.20. The summed E-state index contributed by atoms with van der Waals surface area (Å²) in [4.78, 5) is 12.1. The third-order valence-corrected chi connectivity index (χ3v) is 3.84. The average molecular weight is 342 g/mol. The van der Waals surface area contributed by atoms with Crippen LogP contribution >= 0.6 is 15.9 Å². The molecule has 8 heteroatoms. The molecule has 2 aromatic heterocycles. The highest BCUT2D eigenvalue weighted by Crippen LogP contribution is 2.27. The molecular formula is C12H16BrN5O2. The maximum Gasteiger partial charge on any atom is 0.273 e. The number of ether oxygens (including phenoxy) is 1. The van der Waals surface area contributed by atoms with Crippen molar-refractivity contribution < 1.29 is 9.53 Å². The Bertz CT molecular complexity index is 647. The highest BCUT2D eigenvalue weighted by atomic mass is 79.9. The molecule has 0 radical (unpaired) electrons. The van der Waals surface area contributed by atoms with Crippen LogP contribution in [0, 0.1) is 6.92 Å². The molecule has 0 unspecified atom stereocenters. The summed E-state index contributed by atoms with van der Waals surface area (Å²) in [6, 6.07) is 0. The molecule has 7 nitrogen and oxygen atoms in total. The van der Waals surface area contributed by atoms with E-state index in [4.69, 9.17) is 4.74 Å². The number of halogens is 1. The molecule has 0 atom stereocenters. The number of aromatic nitrogens is 4. The summed E-state index contributed by atoms with van der Waals surface area (Å²) < 4.78 is 8.97. The van der Waals surface area contributed by atoms with Crippen LogP contribution in [-0.4, -0.2) is 32.6 Å². The van der Waals surface area contributed by atoms with Gasteiger partial charge in [0.2, 0.25) is 5.88 Å². The summed E-state index contributed by atoms with van der Waals surface area (Å²) in [6.45, 7) is 2.36. The molecule has 0 fully saturated rings. The lowest BCUT2D eigenvalue weighted by Gasteiger charge is -2.03. The lowest BCUT2D eigenvalue weighted by Crippen LogP contribution is -2.24. The molecule has 0 bridgehead atoms. The first kappa shape index (κ1) is 14.6.